The van der Waals surface area contributed by atoms with E-state index in [4.69, 9.17) is 9.47 Å². The van der Waals surface area contributed by atoms with Gasteiger partial charge in [-0.15, -0.1) is 0 Å². The maximum Gasteiger partial charge on any atom is 0.191 e. The van der Waals surface area contributed by atoms with Crippen molar-refractivity contribution in [3.8, 4) is 5.75 Å². The average molecular weight is 365 g/mol. The average Bonchev–Trinajstić information content (AvgIpc) is 2.60. The van der Waals surface area contributed by atoms with Gasteiger partial charge in [0.05, 0.1) is 0 Å². The van der Waals surface area contributed by atoms with Crippen molar-refractivity contribution in [1.82, 2.24) is 15.5 Å². The van der Waals surface area contributed by atoms with Crippen LogP contribution in [-0.4, -0.2) is 64.9 Å². The van der Waals surface area contributed by atoms with Crippen LogP contribution in [0.2, 0.25) is 0 Å². The van der Waals surface area contributed by atoms with E-state index in [1.807, 2.05) is 26.2 Å². The molecule has 0 bridgehead atoms. The van der Waals surface area contributed by atoms with Gasteiger partial charge in [0.15, 0.2) is 5.96 Å². The largest absolute Gasteiger partial charge is 0.492 e. The van der Waals surface area contributed by atoms with Crippen molar-refractivity contribution in [2.45, 2.75) is 26.8 Å². The maximum atomic E-state index is 5.78. The minimum Gasteiger partial charge on any atom is -0.492 e. The van der Waals surface area contributed by atoms with E-state index in [0.717, 1.165) is 50.0 Å². The summed E-state index contributed by atoms with van der Waals surface area (Å²) in [5.74, 6) is 2.28. The van der Waals surface area contributed by atoms with Crippen LogP contribution in [0.4, 0.5) is 0 Å². The van der Waals surface area contributed by atoms with Gasteiger partial charge >= 0.3 is 0 Å². The highest BCUT2D eigenvalue weighted by Gasteiger charge is 2.01. The highest BCUT2D eigenvalue weighted by molar-refractivity contribution is 5.79. The first-order valence-corrected chi connectivity index (χ1v) is 9.40. The Morgan fingerprint density at radius 2 is 2.00 bits per heavy atom. The first kappa shape index (κ1) is 22.3. The van der Waals surface area contributed by atoms with Crippen molar-refractivity contribution >= 4 is 5.96 Å². The van der Waals surface area contributed by atoms with Crippen LogP contribution in [0.5, 0.6) is 5.75 Å². The monoisotopic (exact) mass is 364 g/mol. The van der Waals surface area contributed by atoms with Gasteiger partial charge in [0.25, 0.3) is 0 Å². The predicted octanol–water partition coefficient (Wildman–Crippen LogP) is 2.35. The third kappa shape index (κ3) is 10.9. The second-order valence-corrected chi connectivity index (χ2v) is 6.97. The molecule has 0 aliphatic rings. The molecule has 0 saturated carbocycles. The quantitative estimate of drug-likeness (QED) is 0.339. The second kappa shape index (κ2) is 13.4. The number of nitrogens with one attached hydrogen (secondary N) is 2. The van der Waals surface area contributed by atoms with Gasteiger partial charge in [-0.05, 0) is 44.1 Å². The standard InChI is InChI=1S/C20H36N4O2/c1-17(2)16-25-12-7-10-22-20(21-3)23-15-18-8-6-9-19(14-18)26-13-11-24(4)5/h6,8-9,14,17H,7,10-13,15-16H2,1-5H3,(H2,21,22,23). The summed E-state index contributed by atoms with van der Waals surface area (Å²) in [4.78, 5) is 6.36. The summed E-state index contributed by atoms with van der Waals surface area (Å²) in [6, 6.07) is 8.15. The maximum absolute atomic E-state index is 5.78. The van der Waals surface area contributed by atoms with Gasteiger partial charge in [-0.25, -0.2) is 0 Å². The van der Waals surface area contributed by atoms with E-state index in [-0.39, 0.29) is 0 Å². The molecule has 0 spiro atoms. The number of aliphatic imine (C=N–C) groups is 1. The predicted molar refractivity (Wildman–Crippen MR) is 109 cm³/mol. The lowest BCUT2D eigenvalue weighted by Crippen LogP contribution is -2.37. The molecule has 0 fully saturated rings. The van der Waals surface area contributed by atoms with Crippen molar-refractivity contribution in [3.63, 3.8) is 0 Å². The Morgan fingerprint density at radius 1 is 1.19 bits per heavy atom. The molecule has 2 N–H and O–H groups in total. The van der Waals surface area contributed by atoms with Crippen LogP contribution in [0, 0.1) is 5.92 Å². The van der Waals surface area contributed by atoms with Gasteiger partial charge in [-0.2, -0.15) is 0 Å². The molecule has 6 heteroatoms. The molecule has 0 aliphatic carbocycles. The minimum atomic E-state index is 0.583. The van der Waals surface area contributed by atoms with E-state index in [0.29, 0.717) is 19.1 Å². The molecule has 0 aromatic heterocycles. The smallest absolute Gasteiger partial charge is 0.191 e. The van der Waals surface area contributed by atoms with Crippen molar-refractivity contribution < 1.29 is 9.47 Å². The zero-order chi connectivity index (χ0) is 19.2. The zero-order valence-electron chi connectivity index (χ0n) is 17.0. The summed E-state index contributed by atoms with van der Waals surface area (Å²) in [5.41, 5.74) is 1.16. The van der Waals surface area contributed by atoms with Gasteiger partial charge in [0, 0.05) is 39.9 Å². The van der Waals surface area contributed by atoms with E-state index in [2.05, 4.69) is 46.5 Å². The summed E-state index contributed by atoms with van der Waals surface area (Å²) < 4.78 is 11.4. The highest BCUT2D eigenvalue weighted by atomic mass is 16.5. The van der Waals surface area contributed by atoms with Crippen LogP contribution in [0.15, 0.2) is 29.3 Å². The molecule has 1 rings (SSSR count). The molecule has 0 aliphatic heterocycles. The molecule has 0 unspecified atom stereocenters. The summed E-state index contributed by atoms with van der Waals surface area (Å²) in [6.45, 7) is 9.04. The third-order valence-electron chi connectivity index (χ3n) is 3.60. The Hall–Kier alpha value is -1.79. The summed E-state index contributed by atoms with van der Waals surface area (Å²) in [7, 11) is 5.86. The second-order valence-electron chi connectivity index (χ2n) is 6.97. The Bertz CT molecular complexity index is 518. The minimum absolute atomic E-state index is 0.583. The molecule has 6 nitrogen and oxygen atoms in total. The number of nitrogens with zero attached hydrogens (tertiary/aromatic N) is 2. The molecule has 0 atom stereocenters. The van der Waals surface area contributed by atoms with Crippen LogP contribution in [0.25, 0.3) is 0 Å². The molecule has 26 heavy (non-hydrogen) atoms. The first-order valence-electron chi connectivity index (χ1n) is 9.40. The van der Waals surface area contributed by atoms with E-state index >= 15 is 0 Å². The normalized spacial score (nSPS) is 11.9. The van der Waals surface area contributed by atoms with E-state index in [1.54, 1.807) is 7.05 Å². The van der Waals surface area contributed by atoms with E-state index < -0.39 is 0 Å². The molecular weight excluding hydrogens is 328 g/mol. The van der Waals surface area contributed by atoms with Gasteiger partial charge in [-0.1, -0.05) is 26.0 Å². The highest BCUT2D eigenvalue weighted by Crippen LogP contribution is 2.13. The summed E-state index contributed by atoms with van der Waals surface area (Å²) in [6.07, 6.45) is 0.961. The van der Waals surface area contributed by atoms with Gasteiger partial charge in [0.1, 0.15) is 12.4 Å². The molecule has 0 amide bonds. The van der Waals surface area contributed by atoms with Crippen LogP contribution in [-0.2, 0) is 11.3 Å². The topological polar surface area (TPSA) is 58.1 Å². The molecule has 148 valence electrons. The molecule has 0 heterocycles. The zero-order valence-corrected chi connectivity index (χ0v) is 17.0. The number of hydrogen-bond donors (Lipinski definition) is 2. The molecule has 0 radical (unpaired) electrons. The van der Waals surface area contributed by atoms with Crippen LogP contribution >= 0.6 is 0 Å². The fourth-order valence-electron chi connectivity index (χ4n) is 2.20. The Balaban J connectivity index is 2.28. The first-order chi connectivity index (χ1) is 12.5. The Kier molecular flexibility index (Phi) is 11.5. The van der Waals surface area contributed by atoms with E-state index in [9.17, 15) is 0 Å². The van der Waals surface area contributed by atoms with Crippen LogP contribution in [0.1, 0.15) is 25.8 Å². The van der Waals surface area contributed by atoms with Crippen molar-refractivity contribution in [1.29, 1.82) is 0 Å². The van der Waals surface area contributed by atoms with Crippen LogP contribution in [0.3, 0.4) is 0 Å². The van der Waals surface area contributed by atoms with E-state index in [1.165, 1.54) is 0 Å². The lowest BCUT2D eigenvalue weighted by atomic mass is 10.2. The number of likely N-dealkylation sites (N-methyl/N-ethyl adjacent to an activating group) is 1. The number of guanidine groups is 1. The lowest BCUT2D eigenvalue weighted by molar-refractivity contribution is 0.108. The number of benzene rings is 1. The summed E-state index contributed by atoms with van der Waals surface area (Å²) >= 11 is 0. The van der Waals surface area contributed by atoms with Gasteiger partial charge < -0.3 is 25.0 Å². The number of rotatable bonds is 12. The fraction of sp³-hybridized carbons (Fsp3) is 0.650. The molecular formula is C20H36N4O2. The van der Waals surface area contributed by atoms with Gasteiger partial charge in [0.2, 0.25) is 0 Å². The SMILES string of the molecule is CN=C(NCCCOCC(C)C)NCc1cccc(OCCN(C)C)c1. The van der Waals surface area contributed by atoms with Gasteiger partial charge in [-0.3, -0.25) is 4.99 Å². The number of hydrogen-bond acceptors (Lipinski definition) is 4. The van der Waals surface area contributed by atoms with Crippen LogP contribution < -0.4 is 15.4 Å². The molecule has 0 saturated heterocycles. The third-order valence-corrected chi connectivity index (χ3v) is 3.60. The summed E-state index contributed by atoms with van der Waals surface area (Å²) in [5, 5.41) is 6.64. The van der Waals surface area contributed by atoms with Crippen molar-refractivity contribution in [2.75, 3.05) is 54.1 Å². The Morgan fingerprint density at radius 3 is 2.69 bits per heavy atom. The fourth-order valence-corrected chi connectivity index (χ4v) is 2.20. The Labute approximate surface area is 159 Å². The number of ether oxygens (including phenoxy) is 2. The molecule has 1 aromatic carbocycles. The van der Waals surface area contributed by atoms with Crippen molar-refractivity contribution in [2.24, 2.45) is 10.9 Å². The molecule has 1 aromatic rings. The van der Waals surface area contributed by atoms with Crippen molar-refractivity contribution in [3.05, 3.63) is 29.8 Å². The lowest BCUT2D eigenvalue weighted by Gasteiger charge is -2.14.